The molecule has 0 saturated heterocycles. The van der Waals surface area contributed by atoms with Gasteiger partial charge in [0.2, 0.25) is 0 Å². The zero-order valence-corrected chi connectivity index (χ0v) is 49.9. The first-order chi connectivity index (χ1) is 38.0. The minimum absolute atomic E-state index is 0.0955. The van der Waals surface area contributed by atoms with Crippen LogP contribution in [0.4, 0.5) is 0 Å². The Bertz CT molecular complexity index is 1650. The van der Waals surface area contributed by atoms with Crippen LogP contribution in [0.25, 0.3) is 0 Å². The minimum atomic E-state index is -0.801. The number of ether oxygens (including phenoxy) is 3. The standard InChI is InChI=1S/C71H116O6/c1-4-7-10-13-16-19-22-25-28-31-33-35-37-40-43-46-49-52-55-58-61-64-70(73)76-67-68(66-75-69(72)63-60-57-54-51-48-45-42-39-30-27-24-21-18-15-12-9-6-3)77-71(74)65-62-59-56-53-50-47-44-41-38-36-34-32-29-26-23-20-17-14-11-8-5-2/h7-8,10-11,16-21,25-30,33-36,40,43,68H,4-6,9,12-15,22-24,31-32,37-39,41-42,44-67H2,1-3H3/b10-7-,11-8-,19-16-,20-17-,21-18-,28-25-,29-26-,30-27-,35-33-,36-34-,43-40-. The van der Waals surface area contributed by atoms with Crippen molar-refractivity contribution >= 4 is 17.9 Å². The number of rotatable bonds is 56. The van der Waals surface area contributed by atoms with E-state index in [2.05, 4.69) is 154 Å². The highest BCUT2D eigenvalue weighted by Crippen LogP contribution is 2.15. The number of esters is 3. The molecule has 6 nitrogen and oxygen atoms in total. The Morgan fingerprint density at radius 1 is 0.273 bits per heavy atom. The van der Waals surface area contributed by atoms with Gasteiger partial charge in [0.15, 0.2) is 6.10 Å². The van der Waals surface area contributed by atoms with Crippen molar-refractivity contribution in [3.63, 3.8) is 0 Å². The third-order valence-electron chi connectivity index (χ3n) is 13.1. The maximum Gasteiger partial charge on any atom is 0.306 e. The monoisotopic (exact) mass is 1060 g/mol. The molecule has 0 saturated carbocycles. The molecule has 0 N–H and O–H groups in total. The molecule has 1 atom stereocenters. The first-order valence-corrected chi connectivity index (χ1v) is 31.7. The fourth-order valence-corrected chi connectivity index (χ4v) is 8.43. The van der Waals surface area contributed by atoms with E-state index < -0.39 is 6.10 Å². The summed E-state index contributed by atoms with van der Waals surface area (Å²) in [5.74, 6) is -0.928. The fraction of sp³-hybridized carbons (Fsp3) is 0.648. The van der Waals surface area contributed by atoms with E-state index in [-0.39, 0.29) is 31.1 Å². The molecule has 1 unspecified atom stereocenters. The number of hydrogen-bond acceptors (Lipinski definition) is 6. The van der Waals surface area contributed by atoms with E-state index in [4.69, 9.17) is 14.2 Å². The zero-order valence-electron chi connectivity index (χ0n) is 49.9. The lowest BCUT2D eigenvalue weighted by atomic mass is 10.1. The summed E-state index contributed by atoms with van der Waals surface area (Å²) in [7, 11) is 0. The number of carbonyl (C=O) groups excluding carboxylic acids is 3. The van der Waals surface area contributed by atoms with Crippen molar-refractivity contribution in [2.75, 3.05) is 13.2 Å². The molecular weight excluding hydrogens is 949 g/mol. The molecule has 436 valence electrons. The van der Waals surface area contributed by atoms with Gasteiger partial charge in [-0.15, -0.1) is 0 Å². The maximum atomic E-state index is 12.9. The first-order valence-electron chi connectivity index (χ1n) is 31.7. The summed E-state index contributed by atoms with van der Waals surface area (Å²) in [5, 5.41) is 0. The van der Waals surface area contributed by atoms with Gasteiger partial charge >= 0.3 is 17.9 Å². The second-order valence-corrected chi connectivity index (χ2v) is 20.5. The van der Waals surface area contributed by atoms with Crippen LogP contribution >= 0.6 is 0 Å². The molecule has 0 aliphatic heterocycles. The molecule has 0 amide bonds. The molecule has 0 rings (SSSR count). The van der Waals surface area contributed by atoms with Crippen LogP contribution in [0.5, 0.6) is 0 Å². The summed E-state index contributed by atoms with van der Waals surface area (Å²) in [4.78, 5) is 38.4. The molecule has 0 fully saturated rings. The van der Waals surface area contributed by atoms with E-state index in [0.717, 1.165) is 154 Å². The molecule has 0 aromatic carbocycles. The van der Waals surface area contributed by atoms with Crippen molar-refractivity contribution in [2.45, 2.75) is 284 Å². The van der Waals surface area contributed by atoms with E-state index in [0.29, 0.717) is 19.3 Å². The fourth-order valence-electron chi connectivity index (χ4n) is 8.43. The molecule has 6 heteroatoms. The predicted octanol–water partition coefficient (Wildman–Crippen LogP) is 21.8. The van der Waals surface area contributed by atoms with Crippen LogP contribution in [0.2, 0.25) is 0 Å². The van der Waals surface area contributed by atoms with Gasteiger partial charge < -0.3 is 14.2 Å². The molecule has 0 aliphatic carbocycles. The van der Waals surface area contributed by atoms with E-state index in [1.807, 2.05) is 0 Å². The highest BCUT2D eigenvalue weighted by atomic mass is 16.6. The molecule has 0 aliphatic rings. The van der Waals surface area contributed by atoms with Crippen molar-refractivity contribution in [2.24, 2.45) is 0 Å². The smallest absolute Gasteiger partial charge is 0.306 e. The van der Waals surface area contributed by atoms with Crippen molar-refractivity contribution < 1.29 is 28.6 Å². The van der Waals surface area contributed by atoms with Crippen LogP contribution in [-0.2, 0) is 28.6 Å². The number of carbonyl (C=O) groups is 3. The summed E-state index contributed by atoms with van der Waals surface area (Å²) in [6.07, 6.45) is 90.1. The zero-order chi connectivity index (χ0) is 55.7. The highest BCUT2D eigenvalue weighted by molar-refractivity contribution is 5.71. The molecule has 0 aromatic heterocycles. The number of hydrogen-bond donors (Lipinski definition) is 0. The lowest BCUT2D eigenvalue weighted by Gasteiger charge is -2.18. The van der Waals surface area contributed by atoms with E-state index in [9.17, 15) is 14.4 Å². The van der Waals surface area contributed by atoms with Gasteiger partial charge in [-0.2, -0.15) is 0 Å². The Hall–Kier alpha value is -4.45. The molecule has 0 heterocycles. The van der Waals surface area contributed by atoms with Gasteiger partial charge in [0, 0.05) is 19.3 Å². The van der Waals surface area contributed by atoms with Crippen LogP contribution in [0, 0.1) is 0 Å². The maximum absolute atomic E-state index is 12.9. The minimum Gasteiger partial charge on any atom is -0.462 e. The molecule has 0 aromatic rings. The van der Waals surface area contributed by atoms with Crippen molar-refractivity contribution in [1.82, 2.24) is 0 Å². The highest BCUT2D eigenvalue weighted by Gasteiger charge is 2.19. The molecule has 0 bridgehead atoms. The summed E-state index contributed by atoms with van der Waals surface area (Å²) >= 11 is 0. The second kappa shape index (κ2) is 64.1. The van der Waals surface area contributed by atoms with Gasteiger partial charge in [-0.3, -0.25) is 14.4 Å². The third kappa shape index (κ3) is 62.3. The van der Waals surface area contributed by atoms with Crippen LogP contribution in [0.3, 0.4) is 0 Å². The van der Waals surface area contributed by atoms with Crippen LogP contribution in [-0.4, -0.2) is 37.2 Å². The van der Waals surface area contributed by atoms with Crippen molar-refractivity contribution in [1.29, 1.82) is 0 Å². The molecular formula is C71H116O6. The molecule has 77 heavy (non-hydrogen) atoms. The average molecular weight is 1070 g/mol. The quantitative estimate of drug-likeness (QED) is 0.0261. The SMILES string of the molecule is CC/C=C\C/C=C\C/C=C\C/C=C\C/C=C\CCCCCCCC(=O)OCC(COC(=O)CCCCCCCCC/C=C\C/C=C\CCCCC)OC(=O)CCCCCCCCCC/C=C\C/C=C\C/C=C\C/C=C\CC. The van der Waals surface area contributed by atoms with Gasteiger partial charge in [0.1, 0.15) is 13.2 Å². The van der Waals surface area contributed by atoms with Gasteiger partial charge in [0.05, 0.1) is 0 Å². The van der Waals surface area contributed by atoms with Crippen LogP contribution < -0.4 is 0 Å². The van der Waals surface area contributed by atoms with E-state index in [1.165, 1.54) is 83.5 Å². The van der Waals surface area contributed by atoms with Gasteiger partial charge in [0.25, 0.3) is 0 Å². The van der Waals surface area contributed by atoms with E-state index >= 15 is 0 Å². The largest absolute Gasteiger partial charge is 0.462 e. The lowest BCUT2D eigenvalue weighted by Crippen LogP contribution is -2.30. The Kier molecular flexibility index (Phi) is 60.4. The van der Waals surface area contributed by atoms with Gasteiger partial charge in [-0.1, -0.05) is 257 Å². The summed E-state index contributed by atoms with van der Waals surface area (Å²) in [5.41, 5.74) is 0. The number of allylic oxidation sites excluding steroid dienone is 22. The van der Waals surface area contributed by atoms with Crippen LogP contribution in [0.15, 0.2) is 134 Å². The summed E-state index contributed by atoms with van der Waals surface area (Å²) < 4.78 is 16.9. The summed E-state index contributed by atoms with van der Waals surface area (Å²) in [6, 6.07) is 0. The molecule has 0 spiro atoms. The Balaban J connectivity index is 4.47. The Labute approximate surface area is 475 Å². The third-order valence-corrected chi connectivity index (χ3v) is 13.1. The van der Waals surface area contributed by atoms with E-state index in [1.54, 1.807) is 0 Å². The van der Waals surface area contributed by atoms with Gasteiger partial charge in [-0.05, 0) is 135 Å². The lowest BCUT2D eigenvalue weighted by molar-refractivity contribution is -0.167. The summed E-state index contributed by atoms with van der Waals surface area (Å²) in [6.45, 7) is 6.37. The van der Waals surface area contributed by atoms with Crippen LogP contribution in [0.1, 0.15) is 278 Å². The second-order valence-electron chi connectivity index (χ2n) is 20.5. The normalized spacial score (nSPS) is 13.0. The predicted molar refractivity (Wildman–Crippen MR) is 334 cm³/mol. The van der Waals surface area contributed by atoms with Gasteiger partial charge in [-0.25, -0.2) is 0 Å². The Morgan fingerprint density at radius 2 is 0.506 bits per heavy atom. The average Bonchev–Trinajstić information content (AvgIpc) is 3.43. The topological polar surface area (TPSA) is 78.9 Å². The molecule has 0 radical (unpaired) electrons. The van der Waals surface area contributed by atoms with Crippen molar-refractivity contribution in [3.05, 3.63) is 134 Å². The number of unbranched alkanes of at least 4 members (excludes halogenated alkanes) is 23. The van der Waals surface area contributed by atoms with Crippen molar-refractivity contribution in [3.8, 4) is 0 Å². The Morgan fingerprint density at radius 3 is 0.792 bits per heavy atom. The first kappa shape index (κ1) is 72.5.